The highest BCUT2D eigenvalue weighted by Crippen LogP contribution is 2.26. The molecule has 0 saturated carbocycles. The molecule has 1 N–H and O–H groups in total. The Morgan fingerprint density at radius 3 is 2.48 bits per heavy atom. The van der Waals surface area contributed by atoms with Crippen LogP contribution in [0.1, 0.15) is 24.4 Å². The van der Waals surface area contributed by atoms with Gasteiger partial charge in [0.2, 0.25) is 0 Å². The first kappa shape index (κ1) is 13.8. The van der Waals surface area contributed by atoms with Crippen molar-refractivity contribution >= 4 is 11.0 Å². The van der Waals surface area contributed by atoms with Crippen molar-refractivity contribution in [3.05, 3.63) is 66.0 Å². The summed E-state index contributed by atoms with van der Waals surface area (Å²) in [7, 11) is 2.00. The fourth-order valence-electron chi connectivity index (χ4n) is 2.92. The summed E-state index contributed by atoms with van der Waals surface area (Å²) < 4.78 is 2.38. The molecule has 1 heterocycles. The lowest BCUT2D eigenvalue weighted by molar-refractivity contribution is 0.543. The van der Waals surface area contributed by atoms with Gasteiger partial charge < -0.3 is 9.88 Å². The maximum absolute atomic E-state index is 4.79. The molecule has 0 aliphatic heterocycles. The van der Waals surface area contributed by atoms with Crippen LogP contribution in [0.3, 0.4) is 0 Å². The van der Waals surface area contributed by atoms with E-state index in [1.807, 2.05) is 7.05 Å². The van der Waals surface area contributed by atoms with Crippen LogP contribution in [0, 0.1) is 0 Å². The first-order valence-electron chi connectivity index (χ1n) is 7.50. The molecule has 1 unspecified atom stereocenters. The highest BCUT2D eigenvalue weighted by molar-refractivity contribution is 5.76. The number of para-hydroxylation sites is 2. The van der Waals surface area contributed by atoms with Crippen molar-refractivity contribution in [3.8, 4) is 0 Å². The summed E-state index contributed by atoms with van der Waals surface area (Å²) in [5, 5.41) is 3.32. The third kappa shape index (κ3) is 2.57. The normalized spacial score (nSPS) is 12.7. The lowest BCUT2D eigenvalue weighted by atomic mass is 10.1. The zero-order valence-corrected chi connectivity index (χ0v) is 12.6. The van der Waals surface area contributed by atoms with Gasteiger partial charge in [-0.25, -0.2) is 4.98 Å². The first-order chi connectivity index (χ1) is 10.3. The second-order valence-corrected chi connectivity index (χ2v) is 5.22. The smallest absolute Gasteiger partial charge is 0.110 e. The molecule has 21 heavy (non-hydrogen) atoms. The van der Waals surface area contributed by atoms with Gasteiger partial charge in [0.15, 0.2) is 0 Å². The van der Waals surface area contributed by atoms with Crippen molar-refractivity contribution in [3.63, 3.8) is 0 Å². The highest BCUT2D eigenvalue weighted by atomic mass is 15.1. The fourth-order valence-corrected chi connectivity index (χ4v) is 2.92. The van der Waals surface area contributed by atoms with Gasteiger partial charge >= 0.3 is 0 Å². The molecule has 3 rings (SSSR count). The van der Waals surface area contributed by atoms with Gasteiger partial charge in [-0.2, -0.15) is 0 Å². The number of aromatic nitrogens is 2. The van der Waals surface area contributed by atoms with E-state index >= 15 is 0 Å². The van der Waals surface area contributed by atoms with E-state index in [4.69, 9.17) is 4.98 Å². The molecule has 1 atom stereocenters. The zero-order chi connectivity index (χ0) is 14.7. The van der Waals surface area contributed by atoms with Crippen molar-refractivity contribution in [1.82, 2.24) is 14.9 Å². The molecule has 0 bridgehead atoms. The maximum atomic E-state index is 4.79. The van der Waals surface area contributed by atoms with Crippen LogP contribution >= 0.6 is 0 Å². The highest BCUT2D eigenvalue weighted by Gasteiger charge is 2.19. The molecule has 0 saturated heterocycles. The van der Waals surface area contributed by atoms with Crippen LogP contribution in [0.2, 0.25) is 0 Å². The van der Waals surface area contributed by atoms with Crippen LogP contribution in [-0.4, -0.2) is 23.1 Å². The van der Waals surface area contributed by atoms with Gasteiger partial charge in [-0.15, -0.1) is 0 Å². The summed E-state index contributed by atoms with van der Waals surface area (Å²) in [4.78, 5) is 4.79. The Hall–Kier alpha value is -2.13. The minimum atomic E-state index is 0.263. The minimum Gasteiger partial charge on any atom is -0.319 e. The molecule has 0 fully saturated rings. The van der Waals surface area contributed by atoms with E-state index in [2.05, 4.69) is 71.4 Å². The van der Waals surface area contributed by atoms with Crippen LogP contribution in [0.4, 0.5) is 0 Å². The number of hydrogen-bond acceptors (Lipinski definition) is 2. The lowest BCUT2D eigenvalue weighted by Crippen LogP contribution is -2.24. The lowest BCUT2D eigenvalue weighted by Gasteiger charge is -2.22. The van der Waals surface area contributed by atoms with Gasteiger partial charge in [-0.05, 0) is 24.7 Å². The van der Waals surface area contributed by atoms with E-state index < -0.39 is 0 Å². The Labute approximate surface area is 125 Å². The van der Waals surface area contributed by atoms with Gasteiger partial charge in [-0.1, -0.05) is 49.4 Å². The molecule has 108 valence electrons. The third-order valence-corrected chi connectivity index (χ3v) is 3.88. The molecular weight excluding hydrogens is 258 g/mol. The monoisotopic (exact) mass is 279 g/mol. The largest absolute Gasteiger partial charge is 0.319 e. The van der Waals surface area contributed by atoms with E-state index in [-0.39, 0.29) is 6.04 Å². The van der Waals surface area contributed by atoms with Gasteiger partial charge in [-0.3, -0.25) is 0 Å². The fraction of sp³-hybridized carbons (Fsp3) is 0.278. The molecule has 3 heteroatoms. The molecule has 1 aromatic heterocycles. The van der Waals surface area contributed by atoms with Crippen molar-refractivity contribution in [2.24, 2.45) is 0 Å². The van der Waals surface area contributed by atoms with E-state index in [9.17, 15) is 0 Å². The predicted molar refractivity (Wildman–Crippen MR) is 87.6 cm³/mol. The van der Waals surface area contributed by atoms with Crippen molar-refractivity contribution < 1.29 is 0 Å². The second-order valence-electron chi connectivity index (χ2n) is 5.22. The summed E-state index contributed by atoms with van der Waals surface area (Å²) >= 11 is 0. The summed E-state index contributed by atoms with van der Waals surface area (Å²) in [6.45, 7) is 3.05. The first-order valence-corrected chi connectivity index (χ1v) is 7.50. The summed E-state index contributed by atoms with van der Waals surface area (Å²) in [5.74, 6) is 1.14. The number of aryl methyl sites for hydroxylation is 1. The number of hydrogen-bond donors (Lipinski definition) is 1. The van der Waals surface area contributed by atoms with Crippen molar-refractivity contribution in [1.29, 1.82) is 0 Å². The van der Waals surface area contributed by atoms with Crippen molar-refractivity contribution in [2.45, 2.75) is 19.4 Å². The van der Waals surface area contributed by atoms with Crippen LogP contribution in [-0.2, 0) is 6.42 Å². The molecular formula is C18H21N3. The third-order valence-electron chi connectivity index (χ3n) is 3.88. The minimum absolute atomic E-state index is 0.263. The van der Waals surface area contributed by atoms with Crippen LogP contribution in [0.25, 0.3) is 11.0 Å². The number of benzene rings is 2. The quantitative estimate of drug-likeness (QED) is 0.775. The molecule has 3 nitrogen and oxygen atoms in total. The van der Waals surface area contributed by atoms with Gasteiger partial charge in [0.05, 0.1) is 17.1 Å². The van der Waals surface area contributed by atoms with Crippen LogP contribution in [0.5, 0.6) is 0 Å². The Bertz CT molecular complexity index is 716. The SMILES string of the molecule is CCc1nc2ccccc2n1C(CNC)c1ccccc1. The predicted octanol–water partition coefficient (Wildman–Crippen LogP) is 3.41. The summed E-state index contributed by atoms with van der Waals surface area (Å²) in [5.41, 5.74) is 3.59. The maximum Gasteiger partial charge on any atom is 0.110 e. The number of imidazole rings is 1. The second kappa shape index (κ2) is 6.10. The number of likely N-dealkylation sites (N-methyl/N-ethyl adjacent to an activating group) is 1. The molecule has 0 amide bonds. The van der Waals surface area contributed by atoms with Crippen molar-refractivity contribution in [2.75, 3.05) is 13.6 Å². The molecule has 3 aromatic rings. The van der Waals surface area contributed by atoms with Crippen LogP contribution in [0.15, 0.2) is 54.6 Å². The summed E-state index contributed by atoms with van der Waals surface area (Å²) in [6, 6.07) is 19.3. The molecule has 0 aliphatic carbocycles. The van der Waals surface area contributed by atoms with Gasteiger partial charge in [0.25, 0.3) is 0 Å². The molecule has 0 aliphatic rings. The average molecular weight is 279 g/mol. The topological polar surface area (TPSA) is 29.9 Å². The number of rotatable bonds is 5. The van der Waals surface area contributed by atoms with E-state index in [0.29, 0.717) is 0 Å². The Kier molecular flexibility index (Phi) is 4.02. The Morgan fingerprint density at radius 2 is 1.76 bits per heavy atom. The molecule has 0 radical (unpaired) electrons. The van der Waals surface area contributed by atoms with E-state index in [1.165, 1.54) is 11.1 Å². The average Bonchev–Trinajstić information content (AvgIpc) is 2.92. The number of nitrogens with zero attached hydrogens (tertiary/aromatic N) is 2. The zero-order valence-electron chi connectivity index (χ0n) is 12.6. The standard InChI is InChI=1S/C18H21N3/c1-3-18-20-15-11-7-8-12-16(15)21(18)17(13-19-2)14-9-5-4-6-10-14/h4-12,17,19H,3,13H2,1-2H3. The Morgan fingerprint density at radius 1 is 1.05 bits per heavy atom. The number of nitrogens with one attached hydrogen (secondary N) is 1. The molecule has 2 aromatic carbocycles. The number of fused-ring (bicyclic) bond motifs is 1. The summed E-state index contributed by atoms with van der Waals surface area (Å²) in [6.07, 6.45) is 0.932. The molecule has 0 spiro atoms. The van der Waals surface area contributed by atoms with Gasteiger partial charge in [0, 0.05) is 13.0 Å². The van der Waals surface area contributed by atoms with Crippen LogP contribution < -0.4 is 5.32 Å². The van der Waals surface area contributed by atoms with Gasteiger partial charge in [0.1, 0.15) is 5.82 Å². The Balaban J connectivity index is 2.19. The van der Waals surface area contributed by atoms with E-state index in [1.54, 1.807) is 0 Å². The van der Waals surface area contributed by atoms with E-state index in [0.717, 1.165) is 24.3 Å².